The van der Waals surface area contributed by atoms with Crippen molar-refractivity contribution < 1.29 is 19.2 Å². The van der Waals surface area contributed by atoms with E-state index in [0.717, 1.165) is 55.8 Å². The summed E-state index contributed by atoms with van der Waals surface area (Å²) in [5.41, 5.74) is 0.848. The number of nitrogens with one attached hydrogen (secondary N) is 3. The molecule has 2 saturated heterocycles. The third-order valence-electron chi connectivity index (χ3n) is 7.89. The van der Waals surface area contributed by atoms with Crippen molar-refractivity contribution >= 4 is 35.1 Å². The Labute approximate surface area is 213 Å². The predicted octanol–water partition coefficient (Wildman–Crippen LogP) is 3.40. The van der Waals surface area contributed by atoms with Crippen molar-refractivity contribution in [3.05, 3.63) is 24.3 Å². The molecule has 0 bridgehead atoms. The highest BCUT2D eigenvalue weighted by Crippen LogP contribution is 2.38. The van der Waals surface area contributed by atoms with Gasteiger partial charge >= 0.3 is 6.03 Å². The maximum absolute atomic E-state index is 13.2. The molecule has 1 spiro atoms. The number of imide groups is 1. The van der Waals surface area contributed by atoms with Gasteiger partial charge in [-0.2, -0.15) is 0 Å². The van der Waals surface area contributed by atoms with Crippen molar-refractivity contribution in [3.63, 3.8) is 0 Å². The first-order chi connectivity index (χ1) is 17.3. The zero-order valence-corrected chi connectivity index (χ0v) is 21.5. The first kappa shape index (κ1) is 26.0. The molecule has 1 aromatic carbocycles. The van der Waals surface area contributed by atoms with Crippen LogP contribution in [-0.4, -0.2) is 59.9 Å². The number of hydrogen-bond donors (Lipinski definition) is 3. The number of benzene rings is 1. The van der Waals surface area contributed by atoms with Crippen LogP contribution in [0.2, 0.25) is 0 Å². The highest BCUT2D eigenvalue weighted by Gasteiger charge is 2.55. The van der Waals surface area contributed by atoms with Gasteiger partial charge in [0.2, 0.25) is 11.8 Å². The molecule has 9 heteroatoms. The van der Waals surface area contributed by atoms with Crippen LogP contribution in [0.3, 0.4) is 0 Å². The lowest BCUT2D eigenvalue weighted by Crippen LogP contribution is -2.54. The molecule has 1 aromatic rings. The molecule has 1 aliphatic carbocycles. The molecule has 3 aliphatic rings. The molecule has 36 heavy (non-hydrogen) atoms. The van der Waals surface area contributed by atoms with Crippen LogP contribution in [0, 0.1) is 5.92 Å². The largest absolute Gasteiger partial charge is 0.371 e. The second-order valence-corrected chi connectivity index (χ2v) is 10.4. The normalized spacial score (nSPS) is 24.7. The monoisotopic (exact) mass is 497 g/mol. The Bertz CT molecular complexity index is 992. The van der Waals surface area contributed by atoms with Gasteiger partial charge in [-0.05, 0) is 56.2 Å². The van der Waals surface area contributed by atoms with Crippen molar-refractivity contribution in [1.29, 1.82) is 0 Å². The van der Waals surface area contributed by atoms with Gasteiger partial charge in [-0.25, -0.2) is 4.79 Å². The van der Waals surface area contributed by atoms with Gasteiger partial charge in [0.05, 0.1) is 0 Å². The Morgan fingerprint density at radius 3 is 2.67 bits per heavy atom. The summed E-state index contributed by atoms with van der Waals surface area (Å²) in [6.07, 6.45) is 7.79. The molecule has 9 nitrogen and oxygen atoms in total. The molecule has 0 aromatic heterocycles. The maximum Gasteiger partial charge on any atom is 0.325 e. The Hall–Kier alpha value is -3.10. The summed E-state index contributed by atoms with van der Waals surface area (Å²) in [7, 11) is 0. The van der Waals surface area contributed by atoms with Gasteiger partial charge in [0, 0.05) is 24.5 Å². The van der Waals surface area contributed by atoms with Crippen molar-refractivity contribution in [3.8, 4) is 0 Å². The molecule has 3 N–H and O–H groups in total. The Kier molecular flexibility index (Phi) is 8.16. The molecule has 3 atom stereocenters. The van der Waals surface area contributed by atoms with Crippen LogP contribution in [0.25, 0.3) is 0 Å². The molecular formula is C27H39N5O4. The average Bonchev–Trinajstić information content (AvgIpc) is 3.48. The summed E-state index contributed by atoms with van der Waals surface area (Å²) in [4.78, 5) is 55.2. The van der Waals surface area contributed by atoms with Gasteiger partial charge < -0.3 is 20.9 Å². The van der Waals surface area contributed by atoms with Crippen LogP contribution < -0.4 is 20.9 Å². The fourth-order valence-electron chi connectivity index (χ4n) is 5.68. The van der Waals surface area contributed by atoms with Gasteiger partial charge in [0.1, 0.15) is 18.1 Å². The summed E-state index contributed by atoms with van der Waals surface area (Å²) < 4.78 is 0. The standard InChI is InChI=1S/C27H39N5O4/c1-3-4-13-22(24(34)28-20-11-9-12-21(17-20)31-15-7-8-16-31)29-23(33)18-32-25(35)27(30-26(32)36)14-6-5-10-19(27)2/h9,11-12,17,19,22H,3-8,10,13-16,18H2,1-2H3,(H,28,34)(H,29,33)(H,30,36). The Morgan fingerprint density at radius 2 is 1.94 bits per heavy atom. The van der Waals surface area contributed by atoms with Crippen LogP contribution in [0.5, 0.6) is 0 Å². The molecule has 2 aliphatic heterocycles. The summed E-state index contributed by atoms with van der Waals surface area (Å²) in [5, 5.41) is 8.59. The number of hydrogen-bond acceptors (Lipinski definition) is 5. The van der Waals surface area contributed by atoms with E-state index in [0.29, 0.717) is 18.5 Å². The summed E-state index contributed by atoms with van der Waals surface area (Å²) in [6, 6.07) is 6.47. The molecule has 0 radical (unpaired) electrons. The number of urea groups is 1. The quantitative estimate of drug-likeness (QED) is 0.453. The van der Waals surface area contributed by atoms with E-state index in [-0.39, 0.29) is 24.3 Å². The van der Waals surface area contributed by atoms with Gasteiger partial charge in [-0.1, -0.05) is 45.6 Å². The van der Waals surface area contributed by atoms with Crippen molar-refractivity contribution in [2.24, 2.45) is 5.92 Å². The fraction of sp³-hybridized carbons (Fsp3) is 0.630. The number of unbranched alkanes of at least 4 members (excludes halogenated alkanes) is 1. The van der Waals surface area contributed by atoms with E-state index in [4.69, 9.17) is 0 Å². The Balaban J connectivity index is 1.39. The lowest BCUT2D eigenvalue weighted by Gasteiger charge is -2.36. The molecular weight excluding hydrogens is 458 g/mol. The van der Waals surface area contributed by atoms with E-state index in [1.165, 1.54) is 12.8 Å². The zero-order valence-electron chi connectivity index (χ0n) is 21.5. The van der Waals surface area contributed by atoms with Gasteiger partial charge in [0.25, 0.3) is 5.91 Å². The number of carbonyl (C=O) groups excluding carboxylic acids is 4. The highest BCUT2D eigenvalue weighted by molar-refractivity contribution is 6.09. The zero-order chi connectivity index (χ0) is 25.7. The lowest BCUT2D eigenvalue weighted by molar-refractivity contribution is -0.137. The number of carbonyl (C=O) groups is 4. The van der Waals surface area contributed by atoms with E-state index >= 15 is 0 Å². The second-order valence-electron chi connectivity index (χ2n) is 10.4. The minimum atomic E-state index is -0.908. The number of anilines is 2. The maximum atomic E-state index is 13.2. The van der Waals surface area contributed by atoms with Crippen LogP contribution in [-0.2, 0) is 14.4 Å². The molecule has 2 heterocycles. The third-order valence-corrected chi connectivity index (χ3v) is 7.89. The SMILES string of the molecule is CCCCC(NC(=O)CN1C(=O)NC2(CCCCC2C)C1=O)C(=O)Nc1cccc(N2CCCC2)c1. The van der Waals surface area contributed by atoms with Crippen LogP contribution in [0.1, 0.15) is 71.6 Å². The third kappa shape index (κ3) is 5.50. The molecule has 3 fully saturated rings. The topological polar surface area (TPSA) is 111 Å². The highest BCUT2D eigenvalue weighted by atomic mass is 16.2. The van der Waals surface area contributed by atoms with Crippen LogP contribution in [0.15, 0.2) is 24.3 Å². The second kappa shape index (κ2) is 11.3. The molecule has 196 valence electrons. The first-order valence-electron chi connectivity index (χ1n) is 13.4. The van der Waals surface area contributed by atoms with Crippen molar-refractivity contribution in [2.75, 3.05) is 29.9 Å². The number of nitrogens with zero attached hydrogens (tertiary/aromatic N) is 2. The number of rotatable bonds is 9. The lowest BCUT2D eigenvalue weighted by atomic mass is 9.73. The summed E-state index contributed by atoms with van der Waals surface area (Å²) in [6.45, 7) is 5.63. The van der Waals surface area contributed by atoms with Crippen molar-refractivity contribution in [1.82, 2.24) is 15.5 Å². The minimum absolute atomic E-state index is 0.0233. The molecule has 1 saturated carbocycles. The van der Waals surface area contributed by atoms with Crippen LogP contribution in [0.4, 0.5) is 16.2 Å². The van der Waals surface area contributed by atoms with Gasteiger partial charge in [-0.3, -0.25) is 19.3 Å². The first-order valence-corrected chi connectivity index (χ1v) is 13.4. The molecule has 5 amide bonds. The van der Waals surface area contributed by atoms with Crippen molar-refractivity contribution in [2.45, 2.75) is 83.2 Å². The van der Waals surface area contributed by atoms with E-state index in [1.807, 2.05) is 38.1 Å². The Morgan fingerprint density at radius 1 is 1.17 bits per heavy atom. The van der Waals surface area contributed by atoms with E-state index in [2.05, 4.69) is 20.9 Å². The number of amides is 5. The van der Waals surface area contributed by atoms with E-state index < -0.39 is 23.5 Å². The van der Waals surface area contributed by atoms with Crippen LogP contribution >= 0.6 is 0 Å². The smallest absolute Gasteiger partial charge is 0.325 e. The molecule has 4 rings (SSSR count). The van der Waals surface area contributed by atoms with Gasteiger partial charge in [-0.15, -0.1) is 0 Å². The minimum Gasteiger partial charge on any atom is -0.371 e. The predicted molar refractivity (Wildman–Crippen MR) is 139 cm³/mol. The summed E-state index contributed by atoms with van der Waals surface area (Å²) in [5.74, 6) is -1.12. The van der Waals surface area contributed by atoms with Gasteiger partial charge in [0.15, 0.2) is 0 Å². The molecule has 3 unspecified atom stereocenters. The fourth-order valence-corrected chi connectivity index (χ4v) is 5.68. The average molecular weight is 498 g/mol. The van der Waals surface area contributed by atoms with E-state index in [1.54, 1.807) is 0 Å². The van der Waals surface area contributed by atoms with E-state index in [9.17, 15) is 19.2 Å². The summed E-state index contributed by atoms with van der Waals surface area (Å²) >= 11 is 0.